The smallest absolute Gasteiger partial charge is 0.369 e. The number of nitrogens with one attached hydrogen (secondary N) is 2. The van der Waals surface area contributed by atoms with Crippen molar-refractivity contribution in [3.63, 3.8) is 0 Å². The van der Waals surface area contributed by atoms with Gasteiger partial charge < -0.3 is 15.4 Å². The van der Waals surface area contributed by atoms with Crippen molar-refractivity contribution >= 4 is 11.5 Å². The summed E-state index contributed by atoms with van der Waals surface area (Å²) in [5.74, 6) is 0.116. The highest BCUT2D eigenvalue weighted by Gasteiger charge is 2.32. The van der Waals surface area contributed by atoms with Crippen LogP contribution < -0.4 is 10.6 Å². The van der Waals surface area contributed by atoms with E-state index in [1.165, 1.54) is 12.1 Å². The van der Waals surface area contributed by atoms with Crippen LogP contribution in [0.25, 0.3) is 0 Å². The first-order valence-corrected chi connectivity index (χ1v) is 7.12. The molecule has 3 rings (SSSR count). The van der Waals surface area contributed by atoms with E-state index in [4.69, 9.17) is 4.74 Å². The van der Waals surface area contributed by atoms with E-state index in [0.717, 1.165) is 18.3 Å². The van der Waals surface area contributed by atoms with E-state index in [-0.39, 0.29) is 11.9 Å². The van der Waals surface area contributed by atoms with Gasteiger partial charge in [-0.05, 0) is 24.3 Å². The van der Waals surface area contributed by atoms with Crippen molar-refractivity contribution in [1.82, 2.24) is 15.3 Å². The lowest BCUT2D eigenvalue weighted by Crippen LogP contribution is -2.33. The van der Waals surface area contributed by atoms with Crippen molar-refractivity contribution in [2.75, 3.05) is 25.0 Å². The Morgan fingerprint density at radius 1 is 1.22 bits per heavy atom. The summed E-state index contributed by atoms with van der Waals surface area (Å²) in [6.45, 7) is 2.13. The maximum Gasteiger partial charge on any atom is 0.433 e. The minimum atomic E-state index is -4.47. The second kappa shape index (κ2) is 6.51. The van der Waals surface area contributed by atoms with Gasteiger partial charge in [0, 0.05) is 13.1 Å². The number of anilines is 2. The average molecular weight is 324 g/mol. The average Bonchev–Trinajstić information content (AvgIpc) is 2.56. The molecule has 5 nitrogen and oxygen atoms in total. The molecule has 3 heterocycles. The summed E-state index contributed by atoms with van der Waals surface area (Å²) >= 11 is 0. The molecule has 1 fully saturated rings. The highest BCUT2D eigenvalue weighted by Crippen LogP contribution is 2.28. The number of rotatable bonds is 3. The second-order valence-electron chi connectivity index (χ2n) is 5.07. The number of pyridine rings is 2. The summed E-state index contributed by atoms with van der Waals surface area (Å²) in [5.41, 5.74) is 0.401. The van der Waals surface area contributed by atoms with E-state index >= 15 is 0 Å². The Labute approximate surface area is 130 Å². The van der Waals surface area contributed by atoms with Crippen LogP contribution in [-0.2, 0) is 10.9 Å². The van der Waals surface area contributed by atoms with E-state index < -0.39 is 11.9 Å². The summed E-state index contributed by atoms with van der Waals surface area (Å²) in [7, 11) is 0. The van der Waals surface area contributed by atoms with Crippen LogP contribution >= 0.6 is 0 Å². The molecular weight excluding hydrogens is 309 g/mol. The van der Waals surface area contributed by atoms with E-state index in [9.17, 15) is 13.2 Å². The first kappa shape index (κ1) is 15.7. The van der Waals surface area contributed by atoms with Crippen LogP contribution in [0.3, 0.4) is 0 Å². The van der Waals surface area contributed by atoms with E-state index in [0.29, 0.717) is 18.8 Å². The molecule has 0 bridgehead atoms. The van der Waals surface area contributed by atoms with Crippen molar-refractivity contribution in [2.45, 2.75) is 12.3 Å². The summed E-state index contributed by atoms with van der Waals surface area (Å²) in [5, 5.41) is 6.03. The van der Waals surface area contributed by atoms with E-state index in [1.807, 2.05) is 0 Å². The van der Waals surface area contributed by atoms with Crippen molar-refractivity contribution in [1.29, 1.82) is 0 Å². The van der Waals surface area contributed by atoms with Crippen LogP contribution in [-0.4, -0.2) is 29.7 Å². The SMILES string of the molecule is FC(F)(F)c1cccc(Nc2ccc([C@H]3CNCCO3)nc2)n1. The molecule has 23 heavy (non-hydrogen) atoms. The molecule has 122 valence electrons. The molecule has 8 heteroatoms. The Balaban J connectivity index is 1.71. The first-order chi connectivity index (χ1) is 11.0. The predicted molar refractivity (Wildman–Crippen MR) is 78.3 cm³/mol. The zero-order valence-corrected chi connectivity index (χ0v) is 12.1. The van der Waals surface area contributed by atoms with Gasteiger partial charge in [0.1, 0.15) is 17.6 Å². The third-order valence-electron chi connectivity index (χ3n) is 3.36. The topological polar surface area (TPSA) is 59.1 Å². The largest absolute Gasteiger partial charge is 0.433 e. The van der Waals surface area contributed by atoms with E-state index in [2.05, 4.69) is 20.6 Å². The number of halogens is 3. The van der Waals surface area contributed by atoms with Crippen molar-refractivity contribution in [2.24, 2.45) is 0 Å². The van der Waals surface area contributed by atoms with Gasteiger partial charge in [-0.3, -0.25) is 4.98 Å². The van der Waals surface area contributed by atoms with Crippen LogP contribution in [0, 0.1) is 0 Å². The summed E-state index contributed by atoms with van der Waals surface area (Å²) in [6.07, 6.45) is -3.02. The maximum atomic E-state index is 12.6. The molecule has 1 aliphatic heterocycles. The zero-order valence-electron chi connectivity index (χ0n) is 12.1. The Bertz CT molecular complexity index is 655. The molecule has 0 aliphatic carbocycles. The lowest BCUT2D eigenvalue weighted by Gasteiger charge is -2.23. The molecule has 0 radical (unpaired) electrons. The van der Waals surface area contributed by atoms with Gasteiger partial charge in [-0.25, -0.2) is 4.98 Å². The fourth-order valence-corrected chi connectivity index (χ4v) is 2.24. The van der Waals surface area contributed by atoms with Gasteiger partial charge in [0.15, 0.2) is 0 Å². The first-order valence-electron chi connectivity index (χ1n) is 7.12. The van der Waals surface area contributed by atoms with Crippen LogP contribution in [0.1, 0.15) is 17.5 Å². The van der Waals surface area contributed by atoms with Gasteiger partial charge >= 0.3 is 6.18 Å². The predicted octanol–water partition coefficient (Wildman–Crippen LogP) is 2.90. The maximum absolute atomic E-state index is 12.6. The third kappa shape index (κ3) is 3.96. The van der Waals surface area contributed by atoms with Crippen LogP contribution in [0.15, 0.2) is 36.5 Å². The van der Waals surface area contributed by atoms with Crippen LogP contribution in [0.4, 0.5) is 24.7 Å². The molecule has 0 spiro atoms. The summed E-state index contributed by atoms with van der Waals surface area (Å²) < 4.78 is 43.5. The molecule has 0 amide bonds. The number of morpholine rings is 1. The monoisotopic (exact) mass is 324 g/mol. The number of alkyl halides is 3. The Morgan fingerprint density at radius 3 is 2.74 bits per heavy atom. The van der Waals surface area contributed by atoms with Gasteiger partial charge in [0.25, 0.3) is 0 Å². The summed E-state index contributed by atoms with van der Waals surface area (Å²) in [6, 6.07) is 7.23. The zero-order chi connectivity index (χ0) is 16.3. The van der Waals surface area contributed by atoms with Crippen molar-refractivity contribution in [3.05, 3.63) is 47.9 Å². The molecular formula is C15H15F3N4O. The van der Waals surface area contributed by atoms with Crippen LogP contribution in [0.5, 0.6) is 0 Å². The lowest BCUT2D eigenvalue weighted by atomic mass is 10.2. The molecule has 1 saturated heterocycles. The van der Waals surface area contributed by atoms with Gasteiger partial charge in [-0.2, -0.15) is 13.2 Å². The van der Waals surface area contributed by atoms with Gasteiger partial charge in [0.05, 0.1) is 24.2 Å². The molecule has 0 aromatic carbocycles. The highest BCUT2D eigenvalue weighted by molar-refractivity contribution is 5.55. The fraction of sp³-hybridized carbons (Fsp3) is 0.333. The molecule has 2 aromatic rings. The Morgan fingerprint density at radius 2 is 2.09 bits per heavy atom. The number of hydrogen-bond acceptors (Lipinski definition) is 5. The van der Waals surface area contributed by atoms with Crippen molar-refractivity contribution in [3.8, 4) is 0 Å². The normalized spacial score (nSPS) is 18.7. The molecule has 1 atom stereocenters. The third-order valence-corrected chi connectivity index (χ3v) is 3.36. The quantitative estimate of drug-likeness (QED) is 0.909. The number of aromatic nitrogens is 2. The van der Waals surface area contributed by atoms with E-state index in [1.54, 1.807) is 18.3 Å². The Kier molecular flexibility index (Phi) is 4.44. The summed E-state index contributed by atoms with van der Waals surface area (Å²) in [4.78, 5) is 7.85. The van der Waals surface area contributed by atoms with Crippen LogP contribution in [0.2, 0.25) is 0 Å². The molecule has 2 aromatic heterocycles. The van der Waals surface area contributed by atoms with Crippen molar-refractivity contribution < 1.29 is 17.9 Å². The van der Waals surface area contributed by atoms with Gasteiger partial charge in [-0.1, -0.05) is 6.07 Å². The Hall–Kier alpha value is -2.19. The lowest BCUT2D eigenvalue weighted by molar-refractivity contribution is -0.141. The fourth-order valence-electron chi connectivity index (χ4n) is 2.24. The number of nitrogens with zero attached hydrogens (tertiary/aromatic N) is 2. The number of hydrogen-bond donors (Lipinski definition) is 2. The van der Waals surface area contributed by atoms with Gasteiger partial charge in [-0.15, -0.1) is 0 Å². The standard InChI is InChI=1S/C15H15F3N4O/c16-15(17,18)13-2-1-3-14(22-13)21-10-4-5-11(20-8-10)12-9-19-6-7-23-12/h1-5,8,12,19H,6-7,9H2,(H,21,22)/t12-/m1/s1. The molecule has 0 saturated carbocycles. The molecule has 2 N–H and O–H groups in total. The number of ether oxygens (including phenoxy) is 1. The highest BCUT2D eigenvalue weighted by atomic mass is 19.4. The second-order valence-corrected chi connectivity index (χ2v) is 5.07. The minimum Gasteiger partial charge on any atom is -0.369 e. The molecule has 1 aliphatic rings. The van der Waals surface area contributed by atoms with Gasteiger partial charge in [0.2, 0.25) is 0 Å². The molecule has 0 unspecified atom stereocenters. The minimum absolute atomic E-state index is 0.107.